The van der Waals surface area contributed by atoms with Gasteiger partial charge < -0.3 is 0 Å². The summed E-state index contributed by atoms with van der Waals surface area (Å²) in [5.41, 5.74) is 18.5. The summed E-state index contributed by atoms with van der Waals surface area (Å²) < 4.78 is 2.19. The van der Waals surface area contributed by atoms with E-state index in [1.54, 1.807) is 0 Å². The molecule has 0 fully saturated rings. The van der Waals surface area contributed by atoms with Crippen molar-refractivity contribution in [2.75, 3.05) is 0 Å². The molecule has 2 aliphatic rings. The van der Waals surface area contributed by atoms with Crippen LogP contribution in [0.1, 0.15) is 25.0 Å². The SMILES string of the molecule is CC1(C)c2ccccc2-c2cc3c(-c4ccc(-n5c(-c6ccccc6)nnc5-c5ccccc5)cc4)c4ccccc4c(-c4ccc5c6c(cccc46)-c4ccccc4-5)c3cc21. The zero-order chi connectivity index (χ0) is 41.1. The molecule has 0 spiro atoms. The van der Waals surface area contributed by atoms with E-state index in [2.05, 4.69) is 206 Å². The largest absolute Gasteiger partial charge is 0.275 e. The van der Waals surface area contributed by atoms with Gasteiger partial charge in [0.1, 0.15) is 0 Å². The maximum Gasteiger partial charge on any atom is 0.168 e. The van der Waals surface area contributed by atoms with E-state index in [-0.39, 0.29) is 5.41 Å². The van der Waals surface area contributed by atoms with Crippen LogP contribution >= 0.6 is 0 Å². The minimum absolute atomic E-state index is 0.153. The highest BCUT2D eigenvalue weighted by molar-refractivity contribution is 6.27. The van der Waals surface area contributed by atoms with Crippen LogP contribution in [-0.4, -0.2) is 14.8 Å². The molecular formula is C59H39N3. The molecule has 3 heteroatoms. The second-order valence-electron chi connectivity index (χ2n) is 17.3. The van der Waals surface area contributed by atoms with Gasteiger partial charge in [-0.1, -0.05) is 190 Å². The number of fused-ring (bicyclic) bond motifs is 8. The molecular weight excluding hydrogens is 751 g/mol. The molecule has 0 saturated carbocycles. The van der Waals surface area contributed by atoms with Crippen molar-refractivity contribution in [2.45, 2.75) is 19.3 Å². The van der Waals surface area contributed by atoms with Gasteiger partial charge in [-0.25, -0.2) is 0 Å². The lowest BCUT2D eigenvalue weighted by Crippen LogP contribution is -2.14. The lowest BCUT2D eigenvalue weighted by Gasteiger charge is -2.24. The van der Waals surface area contributed by atoms with Crippen LogP contribution in [-0.2, 0) is 5.41 Å². The van der Waals surface area contributed by atoms with Crippen LogP contribution < -0.4 is 0 Å². The zero-order valence-corrected chi connectivity index (χ0v) is 34.4. The van der Waals surface area contributed by atoms with E-state index >= 15 is 0 Å². The third kappa shape index (κ3) is 4.88. The van der Waals surface area contributed by atoms with E-state index in [9.17, 15) is 0 Å². The fraction of sp³-hybridized carbons (Fsp3) is 0.0508. The third-order valence-corrected chi connectivity index (χ3v) is 13.7. The van der Waals surface area contributed by atoms with Crippen molar-refractivity contribution in [1.29, 1.82) is 0 Å². The molecule has 11 aromatic rings. The Balaban J connectivity index is 1.09. The second-order valence-corrected chi connectivity index (χ2v) is 17.3. The Bertz CT molecular complexity index is 3550. The highest BCUT2D eigenvalue weighted by Crippen LogP contribution is 2.55. The first-order valence-electron chi connectivity index (χ1n) is 21.5. The van der Waals surface area contributed by atoms with Gasteiger partial charge >= 0.3 is 0 Å². The molecule has 0 N–H and O–H groups in total. The van der Waals surface area contributed by atoms with Crippen molar-refractivity contribution in [3.63, 3.8) is 0 Å². The van der Waals surface area contributed by atoms with Gasteiger partial charge in [0.2, 0.25) is 0 Å². The van der Waals surface area contributed by atoms with Crippen LogP contribution in [0.3, 0.4) is 0 Å². The minimum atomic E-state index is -0.153. The summed E-state index contributed by atoms with van der Waals surface area (Å²) in [6, 6.07) is 73.3. The lowest BCUT2D eigenvalue weighted by molar-refractivity contribution is 0.661. The van der Waals surface area contributed by atoms with Gasteiger partial charge in [0.05, 0.1) is 0 Å². The molecule has 2 aliphatic carbocycles. The van der Waals surface area contributed by atoms with E-state index in [0.29, 0.717) is 0 Å². The Kier molecular flexibility index (Phi) is 7.36. The zero-order valence-electron chi connectivity index (χ0n) is 34.4. The molecule has 0 amide bonds. The second kappa shape index (κ2) is 13.1. The Morgan fingerprint density at radius 3 is 1.53 bits per heavy atom. The van der Waals surface area contributed by atoms with Crippen LogP contribution in [0.4, 0.5) is 0 Å². The number of hydrogen-bond acceptors (Lipinski definition) is 2. The maximum atomic E-state index is 4.76. The number of nitrogens with zero attached hydrogens (tertiary/aromatic N) is 3. The standard InChI is InChI=1S/C59H39N3/c1-59(2)52-27-14-13-22-42(52)49-34-50-51(35-53(49)59)56(48-33-32-47-41-21-10-9-20-40(41)43-25-15-26-46(48)55(43)47)45-24-12-11-23-44(45)54(50)36-28-30-39(31-29-36)62-57(37-16-5-3-6-17-37)60-61-58(62)38-18-7-4-8-19-38/h3-35H,1-2H3. The van der Waals surface area contributed by atoms with E-state index in [1.165, 1.54) is 99.1 Å². The molecule has 0 saturated heterocycles. The van der Waals surface area contributed by atoms with Gasteiger partial charge in [-0.15, -0.1) is 10.2 Å². The molecule has 290 valence electrons. The summed E-state index contributed by atoms with van der Waals surface area (Å²) in [5.74, 6) is 1.62. The molecule has 3 nitrogen and oxygen atoms in total. The van der Waals surface area contributed by atoms with Crippen LogP contribution in [0.2, 0.25) is 0 Å². The number of rotatable bonds is 5. The number of hydrogen-bond donors (Lipinski definition) is 0. The Hall–Kier alpha value is -7.88. The van der Waals surface area contributed by atoms with Gasteiger partial charge in [-0.3, -0.25) is 4.57 Å². The van der Waals surface area contributed by atoms with Gasteiger partial charge in [0.25, 0.3) is 0 Å². The fourth-order valence-electron chi connectivity index (χ4n) is 10.9. The normalized spacial score (nSPS) is 13.1. The average molecular weight is 790 g/mol. The van der Waals surface area contributed by atoms with Crippen molar-refractivity contribution in [3.05, 3.63) is 211 Å². The smallest absolute Gasteiger partial charge is 0.168 e. The molecule has 62 heavy (non-hydrogen) atoms. The molecule has 10 aromatic carbocycles. The quantitative estimate of drug-likeness (QED) is 0.163. The summed E-state index contributed by atoms with van der Waals surface area (Å²) in [6.07, 6.45) is 0. The lowest BCUT2D eigenvalue weighted by atomic mass is 9.79. The van der Waals surface area contributed by atoms with E-state index in [1.807, 2.05) is 12.1 Å². The molecule has 13 rings (SSSR count). The van der Waals surface area contributed by atoms with Crippen molar-refractivity contribution in [3.8, 4) is 84.1 Å². The van der Waals surface area contributed by atoms with Crippen molar-refractivity contribution >= 4 is 32.3 Å². The summed E-state index contributed by atoms with van der Waals surface area (Å²) >= 11 is 0. The summed E-state index contributed by atoms with van der Waals surface area (Å²) in [7, 11) is 0. The predicted molar refractivity (Wildman–Crippen MR) is 258 cm³/mol. The molecule has 0 aliphatic heterocycles. The van der Waals surface area contributed by atoms with E-state index < -0.39 is 0 Å². The Morgan fingerprint density at radius 1 is 0.339 bits per heavy atom. The van der Waals surface area contributed by atoms with Gasteiger partial charge in [-0.05, 0) is 123 Å². The molecule has 1 aromatic heterocycles. The Morgan fingerprint density at radius 2 is 0.855 bits per heavy atom. The average Bonchev–Trinajstić information content (AvgIpc) is 3.98. The molecule has 0 atom stereocenters. The predicted octanol–water partition coefficient (Wildman–Crippen LogP) is 15.3. The van der Waals surface area contributed by atoms with Crippen molar-refractivity contribution < 1.29 is 0 Å². The maximum absolute atomic E-state index is 4.76. The highest BCUT2D eigenvalue weighted by atomic mass is 15.3. The molecule has 0 unspecified atom stereocenters. The van der Waals surface area contributed by atoms with Gasteiger partial charge in [0.15, 0.2) is 11.6 Å². The summed E-state index contributed by atoms with van der Waals surface area (Å²) in [4.78, 5) is 0. The molecule has 1 heterocycles. The van der Waals surface area contributed by atoms with Crippen molar-refractivity contribution in [2.24, 2.45) is 0 Å². The van der Waals surface area contributed by atoms with Crippen molar-refractivity contribution in [1.82, 2.24) is 14.8 Å². The topological polar surface area (TPSA) is 30.7 Å². The van der Waals surface area contributed by atoms with E-state index in [0.717, 1.165) is 28.5 Å². The van der Waals surface area contributed by atoms with Gasteiger partial charge in [-0.2, -0.15) is 0 Å². The summed E-state index contributed by atoms with van der Waals surface area (Å²) in [5, 5.41) is 17.2. The summed E-state index contributed by atoms with van der Waals surface area (Å²) in [6.45, 7) is 4.77. The van der Waals surface area contributed by atoms with Gasteiger partial charge in [0, 0.05) is 22.2 Å². The minimum Gasteiger partial charge on any atom is -0.275 e. The first kappa shape index (κ1) is 34.9. The van der Waals surface area contributed by atoms with Crippen LogP contribution in [0.15, 0.2) is 200 Å². The Labute approximate surface area is 360 Å². The third-order valence-electron chi connectivity index (χ3n) is 13.7. The first-order valence-corrected chi connectivity index (χ1v) is 21.5. The fourth-order valence-corrected chi connectivity index (χ4v) is 10.9. The first-order chi connectivity index (χ1) is 30.5. The monoisotopic (exact) mass is 789 g/mol. The molecule has 0 radical (unpaired) electrons. The highest BCUT2D eigenvalue weighted by Gasteiger charge is 2.36. The number of aromatic nitrogens is 3. The number of benzene rings is 10. The van der Waals surface area contributed by atoms with E-state index in [4.69, 9.17) is 10.2 Å². The van der Waals surface area contributed by atoms with Crippen LogP contribution in [0.25, 0.3) is 116 Å². The molecule has 0 bridgehead atoms. The van der Waals surface area contributed by atoms with Crippen LogP contribution in [0, 0.1) is 0 Å². The van der Waals surface area contributed by atoms with Crippen LogP contribution in [0.5, 0.6) is 0 Å².